The van der Waals surface area contributed by atoms with Gasteiger partial charge in [0.1, 0.15) is 0 Å². The Morgan fingerprint density at radius 2 is 1.59 bits per heavy atom. The molecule has 2 heterocycles. The van der Waals surface area contributed by atoms with Crippen LogP contribution in [0, 0.1) is 0 Å². The maximum atomic E-state index is 12.7. The first-order valence-electron chi connectivity index (χ1n) is 11.8. The first-order chi connectivity index (χ1) is 16.5. The first kappa shape index (κ1) is 24.5. The topological polar surface area (TPSA) is 91.3 Å². The molecule has 2 aromatic rings. The van der Waals surface area contributed by atoms with Crippen molar-refractivity contribution in [2.45, 2.75) is 37.1 Å². The van der Waals surface area contributed by atoms with Gasteiger partial charge in [-0.2, -0.15) is 9.41 Å². The minimum absolute atomic E-state index is 0.135. The zero-order valence-electron chi connectivity index (χ0n) is 19.4. The molecule has 9 heteroatoms. The van der Waals surface area contributed by atoms with Gasteiger partial charge in [0.25, 0.3) is 0 Å². The van der Waals surface area contributed by atoms with Crippen molar-refractivity contribution in [3.8, 4) is 0 Å². The second-order valence-corrected chi connectivity index (χ2v) is 10.6. The second kappa shape index (κ2) is 11.7. The van der Waals surface area contributed by atoms with Gasteiger partial charge < -0.3 is 4.74 Å². The third kappa shape index (κ3) is 6.73. The summed E-state index contributed by atoms with van der Waals surface area (Å²) in [7, 11) is -3.50. The van der Waals surface area contributed by atoms with E-state index in [0.717, 1.165) is 43.8 Å². The second-order valence-electron chi connectivity index (χ2n) is 8.64. The molecule has 4 rings (SSSR count). The maximum absolute atomic E-state index is 12.7. The molecule has 1 N–H and O–H groups in total. The predicted molar refractivity (Wildman–Crippen MR) is 131 cm³/mol. The molecule has 0 aliphatic carbocycles. The number of sulfonamides is 1. The maximum Gasteiger partial charge on any atom is 0.243 e. The van der Waals surface area contributed by atoms with Crippen LogP contribution in [0.4, 0.5) is 0 Å². The number of rotatable bonds is 8. The van der Waals surface area contributed by atoms with Gasteiger partial charge in [0.15, 0.2) is 0 Å². The number of amides is 1. The molecular formula is C25H32N4O4S. The highest BCUT2D eigenvalue weighted by molar-refractivity contribution is 7.89. The van der Waals surface area contributed by atoms with Gasteiger partial charge in [0.2, 0.25) is 15.9 Å². The van der Waals surface area contributed by atoms with E-state index < -0.39 is 10.0 Å². The van der Waals surface area contributed by atoms with E-state index in [0.29, 0.717) is 39.1 Å². The lowest BCUT2D eigenvalue weighted by Gasteiger charge is -2.27. The number of hydrogen-bond donors (Lipinski definition) is 1. The quantitative estimate of drug-likeness (QED) is 0.581. The van der Waals surface area contributed by atoms with Crippen molar-refractivity contribution in [1.82, 2.24) is 14.6 Å². The van der Waals surface area contributed by atoms with Crippen LogP contribution in [0.15, 0.2) is 64.6 Å². The van der Waals surface area contributed by atoms with Crippen molar-refractivity contribution in [2.24, 2.45) is 5.10 Å². The monoisotopic (exact) mass is 484 g/mol. The Hall–Kier alpha value is -2.59. The highest BCUT2D eigenvalue weighted by Crippen LogP contribution is 2.18. The third-order valence-corrected chi connectivity index (χ3v) is 8.11. The van der Waals surface area contributed by atoms with Crippen LogP contribution in [0.2, 0.25) is 0 Å². The smallest absolute Gasteiger partial charge is 0.243 e. The zero-order chi connectivity index (χ0) is 23.8. The minimum Gasteiger partial charge on any atom is -0.379 e. The molecule has 2 aromatic carbocycles. The Bertz CT molecular complexity index is 1070. The van der Waals surface area contributed by atoms with Crippen LogP contribution in [0.5, 0.6) is 0 Å². The van der Waals surface area contributed by atoms with Gasteiger partial charge in [-0.15, -0.1) is 0 Å². The van der Waals surface area contributed by atoms with Crippen molar-refractivity contribution in [3.05, 3.63) is 65.7 Å². The van der Waals surface area contributed by atoms with E-state index in [1.165, 1.54) is 9.87 Å². The number of nitrogens with zero attached hydrogens (tertiary/aromatic N) is 3. The first-order valence-corrected chi connectivity index (χ1v) is 13.2. The number of nitrogens with one attached hydrogen (secondary N) is 1. The molecule has 8 nitrogen and oxygen atoms in total. The summed E-state index contributed by atoms with van der Waals surface area (Å²) in [5.41, 5.74) is 5.93. The molecule has 2 aliphatic heterocycles. The van der Waals surface area contributed by atoms with Gasteiger partial charge in [0, 0.05) is 57.7 Å². The molecular weight excluding hydrogens is 452 g/mol. The summed E-state index contributed by atoms with van der Waals surface area (Å²) in [6, 6.07) is 17.2. The van der Waals surface area contributed by atoms with E-state index in [1.54, 1.807) is 24.3 Å². The number of aryl methyl sites for hydroxylation is 1. The van der Waals surface area contributed by atoms with Gasteiger partial charge in [-0.1, -0.05) is 42.5 Å². The molecule has 1 amide bonds. The summed E-state index contributed by atoms with van der Waals surface area (Å²) in [6.07, 6.45) is 2.53. The van der Waals surface area contributed by atoms with E-state index in [1.807, 2.05) is 6.07 Å². The fourth-order valence-electron chi connectivity index (χ4n) is 4.14. The van der Waals surface area contributed by atoms with E-state index in [9.17, 15) is 13.2 Å². The summed E-state index contributed by atoms with van der Waals surface area (Å²) >= 11 is 0. The van der Waals surface area contributed by atoms with Gasteiger partial charge in [-0.25, -0.2) is 13.8 Å². The van der Waals surface area contributed by atoms with Crippen LogP contribution >= 0.6 is 0 Å². The SMILES string of the molecule is O=C(CCc1ccc(S(=O)(=O)N2CCOCC2)cc1)NN=C1CCN(Cc2ccccc2)CC1. The van der Waals surface area contributed by atoms with Crippen LogP contribution in [0.25, 0.3) is 0 Å². The molecule has 0 unspecified atom stereocenters. The number of hydrogen-bond acceptors (Lipinski definition) is 6. The number of carbonyl (C=O) groups excluding carboxylic acids is 1. The van der Waals surface area contributed by atoms with Crippen molar-refractivity contribution >= 4 is 21.6 Å². The van der Waals surface area contributed by atoms with E-state index in [2.05, 4.69) is 39.7 Å². The molecule has 2 fully saturated rings. The Morgan fingerprint density at radius 3 is 2.26 bits per heavy atom. The van der Waals surface area contributed by atoms with Crippen molar-refractivity contribution in [1.29, 1.82) is 0 Å². The standard InChI is InChI=1S/C25H32N4O4S/c30-25(27-26-23-12-14-28(15-13-23)20-22-4-2-1-3-5-22)11-8-21-6-9-24(10-7-21)34(31,32)29-16-18-33-19-17-29/h1-7,9-10H,8,11-20H2,(H,27,30). The van der Waals surface area contributed by atoms with Crippen LogP contribution in [0.3, 0.4) is 0 Å². The molecule has 0 aromatic heterocycles. The number of morpholine rings is 1. The lowest BCUT2D eigenvalue weighted by atomic mass is 10.1. The lowest BCUT2D eigenvalue weighted by Crippen LogP contribution is -2.40. The Morgan fingerprint density at radius 1 is 0.912 bits per heavy atom. The van der Waals surface area contributed by atoms with E-state index in [-0.39, 0.29) is 10.8 Å². The van der Waals surface area contributed by atoms with E-state index in [4.69, 9.17) is 4.74 Å². The molecule has 0 saturated carbocycles. The summed E-state index contributed by atoms with van der Waals surface area (Å²) in [5.74, 6) is -0.135. The number of hydrazone groups is 1. The zero-order valence-corrected chi connectivity index (χ0v) is 20.2. The normalized spacial score (nSPS) is 17.9. The van der Waals surface area contributed by atoms with Gasteiger partial charge in [0.05, 0.1) is 18.1 Å². The summed E-state index contributed by atoms with van der Waals surface area (Å²) in [5, 5.41) is 4.33. The van der Waals surface area contributed by atoms with Gasteiger partial charge in [-0.05, 0) is 29.7 Å². The highest BCUT2D eigenvalue weighted by Gasteiger charge is 2.26. The fraction of sp³-hybridized carbons (Fsp3) is 0.440. The molecule has 182 valence electrons. The molecule has 0 spiro atoms. The Balaban J connectivity index is 1.19. The van der Waals surface area contributed by atoms with Crippen molar-refractivity contribution in [2.75, 3.05) is 39.4 Å². The number of piperidine rings is 1. The molecule has 0 atom stereocenters. The summed E-state index contributed by atoms with van der Waals surface area (Å²) in [6.45, 7) is 4.39. The Kier molecular flexibility index (Phi) is 8.44. The lowest BCUT2D eigenvalue weighted by molar-refractivity contribution is -0.121. The number of carbonyl (C=O) groups is 1. The molecule has 0 bridgehead atoms. The third-order valence-electron chi connectivity index (χ3n) is 6.19. The van der Waals surface area contributed by atoms with Gasteiger partial charge in [-0.3, -0.25) is 9.69 Å². The number of likely N-dealkylation sites (tertiary alicyclic amines) is 1. The number of benzene rings is 2. The summed E-state index contributed by atoms with van der Waals surface area (Å²) < 4.78 is 32.1. The van der Waals surface area contributed by atoms with Crippen LogP contribution < -0.4 is 5.43 Å². The molecule has 0 radical (unpaired) electrons. The summed E-state index contributed by atoms with van der Waals surface area (Å²) in [4.78, 5) is 14.9. The van der Waals surface area contributed by atoms with Crippen LogP contribution in [-0.2, 0) is 32.5 Å². The van der Waals surface area contributed by atoms with E-state index >= 15 is 0 Å². The Labute approximate surface area is 201 Å². The number of ether oxygens (including phenoxy) is 1. The molecule has 2 aliphatic rings. The minimum atomic E-state index is -3.50. The predicted octanol–water partition coefficient (Wildman–Crippen LogP) is 2.41. The largest absolute Gasteiger partial charge is 0.379 e. The average Bonchev–Trinajstić information content (AvgIpc) is 2.88. The highest BCUT2D eigenvalue weighted by atomic mass is 32.2. The molecule has 2 saturated heterocycles. The van der Waals surface area contributed by atoms with Crippen LogP contribution in [0.1, 0.15) is 30.4 Å². The molecule has 34 heavy (non-hydrogen) atoms. The average molecular weight is 485 g/mol. The van der Waals surface area contributed by atoms with Crippen molar-refractivity contribution in [3.63, 3.8) is 0 Å². The van der Waals surface area contributed by atoms with Crippen molar-refractivity contribution < 1.29 is 17.9 Å². The van der Waals surface area contributed by atoms with Gasteiger partial charge >= 0.3 is 0 Å². The fourth-order valence-corrected chi connectivity index (χ4v) is 5.55. The van der Waals surface area contributed by atoms with Crippen LogP contribution in [-0.4, -0.2) is 68.6 Å².